The molecule has 51 heavy (non-hydrogen) atoms. The number of hydrogen-bond donors (Lipinski definition) is 7. The summed E-state index contributed by atoms with van der Waals surface area (Å²) < 4.78 is 0. The van der Waals surface area contributed by atoms with Gasteiger partial charge in [-0.15, -0.1) is 0 Å². The molecule has 0 aliphatic carbocycles. The molecule has 2 unspecified atom stereocenters. The Bertz CT molecular complexity index is 1190. The van der Waals surface area contributed by atoms with Gasteiger partial charge in [-0.1, -0.05) is 115 Å². The summed E-state index contributed by atoms with van der Waals surface area (Å²) in [5.41, 5.74) is 13.2. The van der Waals surface area contributed by atoms with Crippen LogP contribution in [0.15, 0.2) is 30.5 Å². The summed E-state index contributed by atoms with van der Waals surface area (Å²) in [4.78, 5) is 43.4. The minimum atomic E-state index is -0.805. The van der Waals surface area contributed by atoms with E-state index in [-0.39, 0.29) is 17.7 Å². The van der Waals surface area contributed by atoms with Crippen molar-refractivity contribution < 1.29 is 14.4 Å². The van der Waals surface area contributed by atoms with Crippen LogP contribution < -0.4 is 32.7 Å². The fraction of sp³-hybridized carbons (Fsp3) is 0.732. The number of benzene rings is 1. The zero-order valence-corrected chi connectivity index (χ0v) is 32.0. The fourth-order valence-electron chi connectivity index (χ4n) is 6.58. The van der Waals surface area contributed by atoms with Crippen LogP contribution in [0.25, 0.3) is 10.9 Å². The van der Waals surface area contributed by atoms with Crippen LogP contribution in [0.1, 0.15) is 147 Å². The third kappa shape index (κ3) is 20.6. The second-order valence-electron chi connectivity index (χ2n) is 14.3. The summed E-state index contributed by atoms with van der Waals surface area (Å²) in [5.74, 6) is -0.706. The molecule has 0 saturated carbocycles. The van der Waals surface area contributed by atoms with Crippen molar-refractivity contribution in [3.05, 3.63) is 36.0 Å². The van der Waals surface area contributed by atoms with Gasteiger partial charge in [-0.05, 0) is 76.3 Å². The highest BCUT2D eigenvalue weighted by atomic mass is 16.2. The number of rotatable bonds is 33. The number of hydrogen-bond acceptors (Lipinski definition) is 6. The first-order valence-corrected chi connectivity index (χ1v) is 20.5. The third-order valence-corrected chi connectivity index (χ3v) is 9.73. The van der Waals surface area contributed by atoms with E-state index in [9.17, 15) is 14.4 Å². The Labute approximate surface area is 309 Å². The molecule has 10 heteroatoms. The van der Waals surface area contributed by atoms with Gasteiger partial charge in [0.25, 0.3) is 0 Å². The van der Waals surface area contributed by atoms with Crippen molar-refractivity contribution in [1.29, 1.82) is 0 Å². The average Bonchev–Trinajstić information content (AvgIpc) is 3.54. The second kappa shape index (κ2) is 29.6. The summed E-state index contributed by atoms with van der Waals surface area (Å²) in [6.45, 7) is 5.65. The Morgan fingerprint density at radius 3 is 1.88 bits per heavy atom. The maximum absolute atomic E-state index is 13.8. The van der Waals surface area contributed by atoms with Crippen molar-refractivity contribution in [1.82, 2.24) is 26.3 Å². The van der Waals surface area contributed by atoms with E-state index in [0.29, 0.717) is 45.3 Å². The molecule has 1 aromatic heterocycles. The summed E-state index contributed by atoms with van der Waals surface area (Å²) in [5, 5.41) is 13.3. The van der Waals surface area contributed by atoms with E-state index in [2.05, 4.69) is 33.2 Å². The molecule has 3 amide bonds. The summed E-state index contributed by atoms with van der Waals surface area (Å²) in [7, 11) is 0. The Kier molecular flexibility index (Phi) is 25.7. The highest BCUT2D eigenvalue weighted by Gasteiger charge is 2.27. The van der Waals surface area contributed by atoms with Crippen LogP contribution in [0.2, 0.25) is 0 Å². The van der Waals surface area contributed by atoms with Crippen molar-refractivity contribution >= 4 is 28.6 Å². The number of unbranched alkanes of at least 4 members (excludes halogenated alkanes) is 15. The number of nitrogens with two attached hydrogens (primary N) is 2. The van der Waals surface area contributed by atoms with Gasteiger partial charge in [0, 0.05) is 36.5 Å². The maximum Gasteiger partial charge on any atom is 0.243 e. The number of carbonyl (C=O) groups excluding carboxylic acids is 3. The standard InChI is InChI=1S/C41H73N7O3/c1-2-3-4-5-6-7-8-9-10-11-12-13-14-15-16-26-39(49)47-38(32-34-33-46-36-24-18-17-23-35(34)36)41(51)48-37(25-21-27-42)40(50)45-31-20-19-29-44-30-22-28-43/h17-18,23-24,33,37-38,44,46H,2-16,19-22,25-32,42-43H2,1H3,(H,45,50)(H,47,49)(H,48,51). The number of nitrogens with one attached hydrogen (secondary N) is 5. The topological polar surface area (TPSA) is 167 Å². The number of carbonyl (C=O) groups is 3. The molecule has 0 fully saturated rings. The van der Waals surface area contributed by atoms with Gasteiger partial charge in [0.2, 0.25) is 17.7 Å². The van der Waals surface area contributed by atoms with Gasteiger partial charge in [0.1, 0.15) is 12.1 Å². The van der Waals surface area contributed by atoms with Gasteiger partial charge in [-0.3, -0.25) is 14.4 Å². The molecular formula is C41H73N7O3. The zero-order chi connectivity index (χ0) is 36.8. The lowest BCUT2D eigenvalue weighted by Crippen LogP contribution is -2.54. The first-order valence-electron chi connectivity index (χ1n) is 20.5. The molecule has 2 aromatic rings. The van der Waals surface area contributed by atoms with E-state index < -0.39 is 12.1 Å². The summed E-state index contributed by atoms with van der Waals surface area (Å²) in [6, 6.07) is 6.41. The Morgan fingerprint density at radius 1 is 0.647 bits per heavy atom. The van der Waals surface area contributed by atoms with E-state index in [0.717, 1.165) is 68.1 Å². The number of aromatic nitrogens is 1. The Balaban J connectivity index is 1.81. The molecule has 0 spiro atoms. The Hall–Kier alpha value is -2.95. The van der Waals surface area contributed by atoms with Crippen LogP contribution in [0.4, 0.5) is 0 Å². The first kappa shape index (κ1) is 44.2. The number of aromatic amines is 1. The van der Waals surface area contributed by atoms with Crippen molar-refractivity contribution in [2.45, 2.75) is 160 Å². The molecule has 0 aliphatic rings. The van der Waals surface area contributed by atoms with E-state index in [1.54, 1.807) is 0 Å². The van der Waals surface area contributed by atoms with E-state index in [4.69, 9.17) is 11.5 Å². The molecule has 2 rings (SSSR count). The number of amides is 3. The molecular weight excluding hydrogens is 638 g/mol. The van der Waals surface area contributed by atoms with Crippen molar-refractivity contribution in [2.75, 3.05) is 32.7 Å². The minimum absolute atomic E-state index is 0.132. The lowest BCUT2D eigenvalue weighted by atomic mass is 10.0. The molecule has 0 bridgehead atoms. The molecule has 9 N–H and O–H groups in total. The van der Waals surface area contributed by atoms with E-state index in [1.807, 2.05) is 30.5 Å². The first-order chi connectivity index (χ1) is 25.0. The SMILES string of the molecule is CCCCCCCCCCCCCCCCCC(=O)NC(Cc1c[nH]c2ccccc12)C(=O)NC(CCCN)C(=O)NCCCCNCCCN. The van der Waals surface area contributed by atoms with E-state index >= 15 is 0 Å². The number of H-pyrrole nitrogens is 1. The highest BCUT2D eigenvalue weighted by Crippen LogP contribution is 2.20. The van der Waals surface area contributed by atoms with Crippen LogP contribution in [0, 0.1) is 0 Å². The average molecular weight is 712 g/mol. The van der Waals surface area contributed by atoms with Crippen molar-refractivity contribution in [2.24, 2.45) is 11.5 Å². The number of para-hydroxylation sites is 1. The lowest BCUT2D eigenvalue weighted by Gasteiger charge is -2.23. The molecule has 1 heterocycles. The van der Waals surface area contributed by atoms with Crippen molar-refractivity contribution in [3.63, 3.8) is 0 Å². The van der Waals surface area contributed by atoms with Gasteiger partial charge in [-0.25, -0.2) is 0 Å². The predicted molar refractivity (Wildman–Crippen MR) is 212 cm³/mol. The fourth-order valence-corrected chi connectivity index (χ4v) is 6.58. The van der Waals surface area contributed by atoms with Crippen LogP contribution in [-0.4, -0.2) is 67.5 Å². The van der Waals surface area contributed by atoms with Crippen LogP contribution >= 0.6 is 0 Å². The predicted octanol–water partition coefficient (Wildman–Crippen LogP) is 6.52. The van der Waals surface area contributed by atoms with Crippen LogP contribution in [0.5, 0.6) is 0 Å². The largest absolute Gasteiger partial charge is 0.361 e. The van der Waals surface area contributed by atoms with Gasteiger partial charge >= 0.3 is 0 Å². The highest BCUT2D eigenvalue weighted by molar-refractivity contribution is 5.93. The van der Waals surface area contributed by atoms with Gasteiger partial charge < -0.3 is 37.7 Å². The summed E-state index contributed by atoms with van der Waals surface area (Å²) in [6.07, 6.45) is 25.4. The number of fused-ring (bicyclic) bond motifs is 1. The third-order valence-electron chi connectivity index (χ3n) is 9.73. The quantitative estimate of drug-likeness (QED) is 0.0417. The van der Waals surface area contributed by atoms with Crippen LogP contribution in [-0.2, 0) is 20.8 Å². The molecule has 0 radical (unpaired) electrons. The van der Waals surface area contributed by atoms with Gasteiger partial charge in [0.05, 0.1) is 0 Å². The minimum Gasteiger partial charge on any atom is -0.361 e. The van der Waals surface area contributed by atoms with Gasteiger partial charge in [0.15, 0.2) is 0 Å². The smallest absolute Gasteiger partial charge is 0.243 e. The molecule has 0 saturated heterocycles. The molecule has 0 aliphatic heterocycles. The van der Waals surface area contributed by atoms with E-state index in [1.165, 1.54) is 77.0 Å². The lowest BCUT2D eigenvalue weighted by molar-refractivity contribution is -0.132. The van der Waals surface area contributed by atoms with Crippen LogP contribution in [0.3, 0.4) is 0 Å². The van der Waals surface area contributed by atoms with Crippen molar-refractivity contribution in [3.8, 4) is 0 Å². The molecule has 290 valence electrons. The normalized spacial score (nSPS) is 12.5. The zero-order valence-electron chi connectivity index (χ0n) is 32.0. The Morgan fingerprint density at radius 2 is 1.24 bits per heavy atom. The molecule has 2 atom stereocenters. The maximum atomic E-state index is 13.8. The molecule has 1 aromatic carbocycles. The second-order valence-corrected chi connectivity index (χ2v) is 14.3. The molecule has 10 nitrogen and oxygen atoms in total. The van der Waals surface area contributed by atoms with Gasteiger partial charge in [-0.2, -0.15) is 0 Å². The summed E-state index contributed by atoms with van der Waals surface area (Å²) >= 11 is 0. The monoisotopic (exact) mass is 712 g/mol.